The van der Waals surface area contributed by atoms with E-state index in [0.29, 0.717) is 32.2 Å². The second-order valence-electron chi connectivity index (χ2n) is 14.2. The van der Waals surface area contributed by atoms with Crippen LogP contribution in [0, 0.1) is 16.7 Å². The summed E-state index contributed by atoms with van der Waals surface area (Å²) >= 11 is 0. The van der Waals surface area contributed by atoms with Gasteiger partial charge in [-0.1, -0.05) is 64.5 Å². The highest BCUT2D eigenvalue weighted by molar-refractivity contribution is 5.92. The Morgan fingerprint density at radius 1 is 0.956 bits per heavy atom. The normalized spacial score (nSPS) is 30.6. The number of cyclic esters (lactones) is 1. The van der Waals surface area contributed by atoms with Gasteiger partial charge in [-0.25, -0.2) is 5.43 Å². The van der Waals surface area contributed by atoms with Crippen LogP contribution in [-0.2, 0) is 23.9 Å². The molecule has 3 amide bonds. The molecule has 3 aliphatic rings. The molecule has 1 saturated carbocycles. The Morgan fingerprint density at radius 2 is 1.69 bits per heavy atom. The third kappa shape index (κ3) is 7.21. The standard InChI is InChI=1S/C35H47N5O5/c1-21(2)29-31(42)37-23(4)32(43)40-18-7-9-27(39-40)30(41)36-22(3)26-13-12-25-11-10-24(19-28(25)38-26)14-17-35(33(44)45-29)16-8-15-34(5,6)20-35/h10-14,17,19,21-23,27,29,39H,7-9,15-16,18,20H2,1-6H3,(H,36,41)(H,37,42)/b17-14+/t22-,23+,27+,29+,35+/m1/s1. The number of nitrogens with one attached hydrogen (secondary N) is 3. The van der Waals surface area contributed by atoms with Gasteiger partial charge in [-0.3, -0.25) is 29.2 Å². The quantitative estimate of drug-likeness (QED) is 0.399. The number of nitrogens with zero attached hydrogens (tertiary/aromatic N) is 2. The molecule has 3 N–H and O–H groups in total. The number of fused-ring (bicyclic) bond motifs is 4. The van der Waals surface area contributed by atoms with Crippen molar-refractivity contribution < 1.29 is 23.9 Å². The molecule has 10 heteroatoms. The van der Waals surface area contributed by atoms with Gasteiger partial charge in [-0.2, -0.15) is 0 Å². The Balaban J connectivity index is 1.55. The van der Waals surface area contributed by atoms with Gasteiger partial charge in [0.25, 0.3) is 11.8 Å². The number of hydrogen-bond donors (Lipinski definition) is 3. The maximum atomic E-state index is 14.1. The highest BCUT2D eigenvalue weighted by Crippen LogP contribution is 2.48. The van der Waals surface area contributed by atoms with E-state index in [1.54, 1.807) is 6.92 Å². The molecule has 1 spiro atoms. The van der Waals surface area contributed by atoms with Crippen molar-refractivity contribution in [2.24, 2.45) is 16.7 Å². The van der Waals surface area contributed by atoms with Crippen molar-refractivity contribution in [3.8, 4) is 0 Å². The average Bonchev–Trinajstić information content (AvgIpc) is 3.00. The number of benzene rings is 1. The zero-order chi connectivity index (χ0) is 32.5. The number of carbonyl (C=O) groups excluding carboxylic acids is 4. The van der Waals surface area contributed by atoms with Crippen LogP contribution >= 0.6 is 0 Å². The number of hydrogen-bond acceptors (Lipinski definition) is 7. The first-order valence-corrected chi connectivity index (χ1v) is 16.3. The first-order chi connectivity index (χ1) is 21.3. The van der Waals surface area contributed by atoms with Gasteiger partial charge in [0.15, 0.2) is 6.10 Å². The predicted octanol–water partition coefficient (Wildman–Crippen LogP) is 4.59. The fourth-order valence-electron chi connectivity index (χ4n) is 6.89. The molecule has 5 atom stereocenters. The maximum absolute atomic E-state index is 14.1. The summed E-state index contributed by atoms with van der Waals surface area (Å²) in [5.41, 5.74) is 4.44. The van der Waals surface area contributed by atoms with E-state index in [0.717, 1.165) is 35.0 Å². The van der Waals surface area contributed by atoms with Crippen LogP contribution < -0.4 is 16.1 Å². The van der Waals surface area contributed by atoms with E-state index in [4.69, 9.17) is 9.72 Å². The molecule has 2 fully saturated rings. The minimum atomic E-state index is -1.07. The molecule has 5 bridgehead atoms. The molecular formula is C35H47N5O5. The van der Waals surface area contributed by atoms with Gasteiger partial charge in [0.05, 0.1) is 22.7 Å². The first kappa shape index (κ1) is 32.6. The van der Waals surface area contributed by atoms with Crippen molar-refractivity contribution in [3.05, 3.63) is 47.7 Å². The Hall–Kier alpha value is -3.79. The molecule has 1 aromatic carbocycles. The van der Waals surface area contributed by atoms with E-state index in [-0.39, 0.29) is 29.2 Å². The number of carbonyl (C=O) groups is 4. The molecule has 10 nitrogen and oxygen atoms in total. The number of esters is 1. The van der Waals surface area contributed by atoms with Crippen molar-refractivity contribution in [2.45, 2.75) is 104 Å². The molecular weight excluding hydrogens is 570 g/mol. The van der Waals surface area contributed by atoms with Crippen molar-refractivity contribution in [2.75, 3.05) is 6.54 Å². The lowest BCUT2D eigenvalue weighted by Crippen LogP contribution is -2.61. The van der Waals surface area contributed by atoms with Crippen molar-refractivity contribution >= 4 is 40.7 Å². The summed E-state index contributed by atoms with van der Waals surface area (Å²) in [6.45, 7) is 11.9. The van der Waals surface area contributed by atoms with Gasteiger partial charge >= 0.3 is 5.97 Å². The largest absolute Gasteiger partial charge is 0.451 e. The van der Waals surface area contributed by atoms with E-state index >= 15 is 0 Å². The van der Waals surface area contributed by atoms with Gasteiger partial charge in [-0.05, 0) is 75.0 Å². The summed E-state index contributed by atoms with van der Waals surface area (Å²) in [6.07, 6.45) is 7.07. The molecule has 242 valence electrons. The molecule has 0 radical (unpaired) electrons. The monoisotopic (exact) mass is 617 g/mol. The lowest BCUT2D eigenvalue weighted by atomic mass is 9.63. The molecule has 1 aromatic heterocycles. The van der Waals surface area contributed by atoms with Crippen molar-refractivity contribution in [1.29, 1.82) is 0 Å². The van der Waals surface area contributed by atoms with Crippen molar-refractivity contribution in [3.63, 3.8) is 0 Å². The Bertz CT molecular complexity index is 1500. The number of ether oxygens (including phenoxy) is 1. The van der Waals surface area contributed by atoms with Crippen LogP contribution in [0.25, 0.3) is 17.0 Å². The van der Waals surface area contributed by atoms with Gasteiger partial charge < -0.3 is 15.4 Å². The molecule has 1 aliphatic carbocycles. The molecule has 3 heterocycles. The summed E-state index contributed by atoms with van der Waals surface area (Å²) < 4.78 is 6.07. The Labute approximate surface area is 265 Å². The SMILES string of the molecule is CC(C)[C@@H]1OC(=O)[C@]2(/C=C/c3ccc4ccc(nc4c3)[C@@H](C)NC(=O)[C@@H]3CCCN(N3)C(=O)[C@H](C)NC1=O)CCCC(C)(C)C2. The average molecular weight is 618 g/mol. The lowest BCUT2D eigenvalue weighted by Gasteiger charge is -2.42. The topological polar surface area (TPSA) is 130 Å². The third-order valence-corrected chi connectivity index (χ3v) is 9.41. The van der Waals surface area contributed by atoms with E-state index in [1.807, 2.05) is 63.3 Å². The zero-order valence-electron chi connectivity index (χ0n) is 27.3. The number of pyridine rings is 1. The van der Waals surface area contributed by atoms with E-state index in [2.05, 4.69) is 29.9 Å². The number of amides is 3. The van der Waals surface area contributed by atoms with Crippen LogP contribution in [-0.4, -0.2) is 58.4 Å². The Kier molecular flexibility index (Phi) is 9.35. The summed E-state index contributed by atoms with van der Waals surface area (Å²) in [7, 11) is 0. The van der Waals surface area contributed by atoms with Crippen LogP contribution in [0.2, 0.25) is 0 Å². The van der Waals surface area contributed by atoms with E-state index in [9.17, 15) is 19.2 Å². The second-order valence-corrected chi connectivity index (χ2v) is 14.2. The second kappa shape index (κ2) is 12.9. The minimum absolute atomic E-state index is 0.0931. The summed E-state index contributed by atoms with van der Waals surface area (Å²) in [5, 5.41) is 8.19. The predicted molar refractivity (Wildman–Crippen MR) is 172 cm³/mol. The van der Waals surface area contributed by atoms with E-state index in [1.165, 1.54) is 5.01 Å². The molecule has 45 heavy (non-hydrogen) atoms. The van der Waals surface area contributed by atoms with Crippen molar-refractivity contribution in [1.82, 2.24) is 26.1 Å². The molecule has 1 saturated heterocycles. The number of rotatable bonds is 1. The smallest absolute Gasteiger partial charge is 0.316 e. The zero-order valence-corrected chi connectivity index (χ0v) is 27.3. The summed E-state index contributed by atoms with van der Waals surface area (Å²) in [6, 6.07) is 8.00. The highest BCUT2D eigenvalue weighted by atomic mass is 16.5. The van der Waals surface area contributed by atoms with Crippen LogP contribution in [0.1, 0.15) is 97.4 Å². The molecule has 2 aromatic rings. The van der Waals surface area contributed by atoms with E-state index < -0.39 is 35.5 Å². The maximum Gasteiger partial charge on any atom is 0.316 e. The van der Waals surface area contributed by atoms with Gasteiger partial charge in [0.2, 0.25) is 5.91 Å². The third-order valence-electron chi connectivity index (χ3n) is 9.41. The van der Waals surface area contributed by atoms with Gasteiger partial charge in [-0.15, -0.1) is 0 Å². The fraction of sp³-hybridized carbons (Fsp3) is 0.571. The Morgan fingerprint density at radius 3 is 2.42 bits per heavy atom. The van der Waals surface area contributed by atoms with Crippen LogP contribution in [0.5, 0.6) is 0 Å². The lowest BCUT2D eigenvalue weighted by molar-refractivity contribution is -0.169. The first-order valence-electron chi connectivity index (χ1n) is 16.3. The van der Waals surface area contributed by atoms with Gasteiger partial charge in [0.1, 0.15) is 12.1 Å². The number of aromatic nitrogens is 1. The summed E-state index contributed by atoms with van der Waals surface area (Å²) in [4.78, 5) is 59.2. The van der Waals surface area contributed by atoms with Gasteiger partial charge in [0, 0.05) is 11.9 Å². The molecule has 2 aliphatic heterocycles. The van der Waals surface area contributed by atoms with Crippen LogP contribution in [0.3, 0.4) is 0 Å². The fourth-order valence-corrected chi connectivity index (χ4v) is 6.89. The van der Waals surface area contributed by atoms with Crippen LogP contribution in [0.4, 0.5) is 0 Å². The van der Waals surface area contributed by atoms with Crippen LogP contribution in [0.15, 0.2) is 36.4 Å². The molecule has 5 rings (SSSR count). The highest BCUT2D eigenvalue weighted by Gasteiger charge is 2.46. The minimum Gasteiger partial charge on any atom is -0.451 e. The summed E-state index contributed by atoms with van der Waals surface area (Å²) in [5.74, 6) is -1.86. The number of hydrazine groups is 1. The molecule has 0 unspecified atom stereocenters.